The van der Waals surface area contributed by atoms with Crippen LogP contribution in [0.4, 0.5) is 4.79 Å². The summed E-state index contributed by atoms with van der Waals surface area (Å²) in [6, 6.07) is 10.0. The molecule has 1 heterocycles. The summed E-state index contributed by atoms with van der Waals surface area (Å²) in [4.78, 5) is 11.8. The number of nitrogens with zero attached hydrogens (tertiary/aromatic N) is 3. The SMILES string of the molecule is Cc1nn(C)c(/C(OC(C)OC(=O)OCCCl)=C(\C#N)c2ccc(C(C)(C)C)cc2)c1C. The number of rotatable bonds is 7. The van der Waals surface area contributed by atoms with Crippen molar-refractivity contribution in [3.05, 3.63) is 52.3 Å². The van der Waals surface area contributed by atoms with Crippen molar-refractivity contribution < 1.29 is 19.0 Å². The zero-order chi connectivity index (χ0) is 24.1. The molecular weight excluding hydrogens is 430 g/mol. The third-order valence-corrected chi connectivity index (χ3v) is 5.11. The average Bonchev–Trinajstić information content (AvgIpc) is 2.97. The predicted octanol–water partition coefficient (Wildman–Crippen LogP) is 5.48. The van der Waals surface area contributed by atoms with Crippen molar-refractivity contribution in [3.63, 3.8) is 0 Å². The molecule has 1 aromatic heterocycles. The number of halogens is 1. The zero-order valence-corrected chi connectivity index (χ0v) is 20.4. The highest BCUT2D eigenvalue weighted by molar-refractivity contribution is 6.18. The maximum absolute atomic E-state index is 11.8. The molecule has 0 saturated heterocycles. The van der Waals surface area contributed by atoms with Crippen molar-refractivity contribution >= 4 is 29.1 Å². The van der Waals surface area contributed by atoms with E-state index in [1.54, 1.807) is 18.7 Å². The first-order chi connectivity index (χ1) is 15.0. The van der Waals surface area contributed by atoms with Gasteiger partial charge in [0.15, 0.2) is 5.76 Å². The zero-order valence-electron chi connectivity index (χ0n) is 19.7. The van der Waals surface area contributed by atoms with Crippen molar-refractivity contribution in [2.45, 2.75) is 53.2 Å². The topological polar surface area (TPSA) is 86.4 Å². The van der Waals surface area contributed by atoms with E-state index in [2.05, 4.69) is 31.9 Å². The average molecular weight is 460 g/mol. The van der Waals surface area contributed by atoms with Crippen LogP contribution in [-0.2, 0) is 26.7 Å². The number of aromatic nitrogens is 2. The summed E-state index contributed by atoms with van der Waals surface area (Å²) in [6.07, 6.45) is -1.91. The summed E-state index contributed by atoms with van der Waals surface area (Å²) in [5.74, 6) is 0.431. The first kappa shape index (κ1) is 25.3. The van der Waals surface area contributed by atoms with E-state index in [4.69, 9.17) is 25.8 Å². The van der Waals surface area contributed by atoms with Crippen LogP contribution in [0.5, 0.6) is 0 Å². The summed E-state index contributed by atoms with van der Waals surface area (Å²) in [6.45, 7) is 11.7. The van der Waals surface area contributed by atoms with E-state index >= 15 is 0 Å². The van der Waals surface area contributed by atoms with Gasteiger partial charge >= 0.3 is 6.16 Å². The van der Waals surface area contributed by atoms with Crippen LogP contribution >= 0.6 is 11.6 Å². The highest BCUT2D eigenvalue weighted by atomic mass is 35.5. The van der Waals surface area contributed by atoms with Crippen molar-refractivity contribution in [3.8, 4) is 6.07 Å². The van der Waals surface area contributed by atoms with E-state index in [9.17, 15) is 10.1 Å². The third kappa shape index (κ3) is 6.04. The van der Waals surface area contributed by atoms with Gasteiger partial charge in [0.2, 0.25) is 6.29 Å². The van der Waals surface area contributed by atoms with Gasteiger partial charge in [0.05, 0.1) is 11.6 Å². The Morgan fingerprint density at radius 2 is 1.84 bits per heavy atom. The van der Waals surface area contributed by atoms with Gasteiger partial charge in [-0.05, 0) is 30.4 Å². The maximum atomic E-state index is 11.8. The fraction of sp³-hybridized carbons (Fsp3) is 0.458. The van der Waals surface area contributed by atoms with Gasteiger partial charge in [-0.15, -0.1) is 11.6 Å². The molecule has 0 saturated carbocycles. The first-order valence-corrected chi connectivity index (χ1v) is 10.8. The highest BCUT2D eigenvalue weighted by Crippen LogP contribution is 2.32. The Labute approximate surface area is 194 Å². The van der Waals surface area contributed by atoms with E-state index in [1.807, 2.05) is 38.1 Å². The molecule has 0 N–H and O–H groups in total. The van der Waals surface area contributed by atoms with Gasteiger partial charge in [0, 0.05) is 19.5 Å². The molecule has 0 aliphatic carbocycles. The van der Waals surface area contributed by atoms with E-state index in [1.165, 1.54) is 0 Å². The number of aryl methyl sites for hydroxylation is 2. The van der Waals surface area contributed by atoms with Gasteiger partial charge in [0.1, 0.15) is 23.9 Å². The molecule has 0 aliphatic heterocycles. The minimum Gasteiger partial charge on any atom is -0.451 e. The second-order valence-corrected chi connectivity index (χ2v) is 8.79. The molecule has 0 amide bonds. The Kier molecular flexibility index (Phi) is 8.34. The van der Waals surface area contributed by atoms with Crippen LogP contribution in [-0.4, -0.2) is 34.7 Å². The van der Waals surface area contributed by atoms with Gasteiger partial charge in [-0.1, -0.05) is 45.0 Å². The van der Waals surface area contributed by atoms with Crippen molar-refractivity contribution in [2.24, 2.45) is 7.05 Å². The summed E-state index contributed by atoms with van der Waals surface area (Å²) in [5.41, 5.74) is 4.41. The number of ether oxygens (including phenoxy) is 3. The molecule has 172 valence electrons. The van der Waals surface area contributed by atoms with E-state index in [0.717, 1.165) is 16.8 Å². The van der Waals surface area contributed by atoms with Gasteiger partial charge < -0.3 is 14.2 Å². The number of nitriles is 1. The number of carbonyl (C=O) groups excluding carboxylic acids is 1. The lowest BCUT2D eigenvalue weighted by atomic mass is 9.86. The van der Waals surface area contributed by atoms with Crippen LogP contribution < -0.4 is 0 Å². The molecule has 8 heteroatoms. The molecule has 1 unspecified atom stereocenters. The molecule has 1 atom stereocenters. The smallest absolute Gasteiger partial charge is 0.451 e. The first-order valence-electron chi connectivity index (χ1n) is 10.3. The van der Waals surface area contributed by atoms with Crippen LogP contribution in [0, 0.1) is 25.2 Å². The number of allylic oxidation sites excluding steroid dienone is 1. The van der Waals surface area contributed by atoms with Crippen molar-refractivity contribution in [1.29, 1.82) is 5.26 Å². The molecule has 0 spiro atoms. The van der Waals surface area contributed by atoms with Crippen LogP contribution in [0.1, 0.15) is 55.8 Å². The van der Waals surface area contributed by atoms with Crippen LogP contribution in [0.15, 0.2) is 24.3 Å². The molecule has 0 aliphatic rings. The summed E-state index contributed by atoms with van der Waals surface area (Å²) >= 11 is 5.53. The summed E-state index contributed by atoms with van der Waals surface area (Å²) in [5, 5.41) is 14.5. The van der Waals surface area contributed by atoms with Gasteiger partial charge in [-0.3, -0.25) is 4.68 Å². The quantitative estimate of drug-likeness (QED) is 0.179. The fourth-order valence-corrected chi connectivity index (χ4v) is 3.26. The highest BCUT2D eigenvalue weighted by Gasteiger charge is 2.25. The van der Waals surface area contributed by atoms with E-state index in [-0.39, 0.29) is 23.7 Å². The lowest BCUT2D eigenvalue weighted by Gasteiger charge is -2.21. The largest absolute Gasteiger partial charge is 0.511 e. The molecule has 2 aromatic rings. The molecular formula is C24H30ClN3O4. The molecule has 1 aromatic carbocycles. The molecule has 0 fully saturated rings. The number of hydrogen-bond donors (Lipinski definition) is 0. The van der Waals surface area contributed by atoms with Crippen molar-refractivity contribution in [1.82, 2.24) is 9.78 Å². The molecule has 7 nitrogen and oxygen atoms in total. The van der Waals surface area contributed by atoms with Crippen LogP contribution in [0.25, 0.3) is 11.3 Å². The van der Waals surface area contributed by atoms with Crippen LogP contribution in [0.2, 0.25) is 0 Å². The Balaban J connectivity index is 2.54. The predicted molar refractivity (Wildman–Crippen MR) is 124 cm³/mol. The second kappa shape index (κ2) is 10.6. The van der Waals surface area contributed by atoms with Gasteiger partial charge in [-0.2, -0.15) is 10.4 Å². The van der Waals surface area contributed by atoms with E-state index in [0.29, 0.717) is 16.8 Å². The van der Waals surface area contributed by atoms with Gasteiger partial charge in [0.25, 0.3) is 0 Å². The number of alkyl halides is 1. The monoisotopic (exact) mass is 459 g/mol. The number of carbonyl (C=O) groups is 1. The standard InChI is InChI=1S/C24H30ClN3O4/c1-15-16(2)27-28(7)21(15)22(31-17(3)32-23(29)30-13-12-25)20(14-26)18-8-10-19(11-9-18)24(4,5)6/h8-11,17H,12-13H2,1-7H3/b22-20-. The molecule has 0 radical (unpaired) electrons. The normalized spacial score (nSPS) is 13.1. The van der Waals surface area contributed by atoms with Gasteiger partial charge in [-0.25, -0.2) is 4.79 Å². The van der Waals surface area contributed by atoms with E-state index < -0.39 is 12.4 Å². The second-order valence-electron chi connectivity index (χ2n) is 8.42. The lowest BCUT2D eigenvalue weighted by Crippen LogP contribution is -2.20. The Morgan fingerprint density at radius 3 is 2.31 bits per heavy atom. The summed E-state index contributed by atoms with van der Waals surface area (Å²) in [7, 11) is 1.77. The third-order valence-electron chi connectivity index (χ3n) is 4.96. The Morgan fingerprint density at radius 1 is 1.22 bits per heavy atom. The maximum Gasteiger partial charge on any atom is 0.511 e. The molecule has 32 heavy (non-hydrogen) atoms. The minimum absolute atomic E-state index is 0.0180. The van der Waals surface area contributed by atoms with Crippen molar-refractivity contribution in [2.75, 3.05) is 12.5 Å². The van der Waals surface area contributed by atoms with Crippen LogP contribution in [0.3, 0.4) is 0 Å². The molecule has 0 bridgehead atoms. The lowest BCUT2D eigenvalue weighted by molar-refractivity contribution is -0.0659. The number of benzene rings is 1. The fourth-order valence-electron chi connectivity index (χ4n) is 3.18. The minimum atomic E-state index is -1.01. The Bertz CT molecular complexity index is 1030. The summed E-state index contributed by atoms with van der Waals surface area (Å²) < 4.78 is 17.7. The number of hydrogen-bond acceptors (Lipinski definition) is 6. The Hall–Kier alpha value is -2.98. The molecule has 2 rings (SSSR count).